The van der Waals surface area contributed by atoms with E-state index in [-0.39, 0.29) is 28.1 Å². The van der Waals surface area contributed by atoms with E-state index in [0.717, 1.165) is 25.0 Å². The second kappa shape index (κ2) is 12.0. The summed E-state index contributed by atoms with van der Waals surface area (Å²) in [5, 5.41) is 2.47. The predicted octanol–water partition coefficient (Wildman–Crippen LogP) is 6.39. The predicted molar refractivity (Wildman–Crippen MR) is 138 cm³/mol. The summed E-state index contributed by atoms with van der Waals surface area (Å²) in [4.78, 5) is 27.0. The molecular formula is C24H22ClF3N2O4S2. The molecule has 0 atom stereocenters. The molecule has 1 N–H and O–H groups in total. The Hall–Kier alpha value is -2.76. The minimum Gasteiger partial charge on any atom is -0.493 e. The van der Waals surface area contributed by atoms with E-state index in [1.165, 1.54) is 31.0 Å². The van der Waals surface area contributed by atoms with Crippen molar-refractivity contribution in [2.75, 3.05) is 25.6 Å². The Morgan fingerprint density at radius 2 is 2.03 bits per heavy atom. The third-order valence-corrected chi connectivity index (χ3v) is 6.64. The number of thioether (sulfide) groups is 1. The third-order valence-electron chi connectivity index (χ3n) is 4.98. The first-order valence-electron chi connectivity index (χ1n) is 10.8. The molecule has 0 aliphatic carbocycles. The van der Waals surface area contributed by atoms with Gasteiger partial charge in [0.1, 0.15) is 4.32 Å². The lowest BCUT2D eigenvalue weighted by atomic mass is 10.1. The van der Waals surface area contributed by atoms with Crippen molar-refractivity contribution in [1.29, 1.82) is 0 Å². The van der Waals surface area contributed by atoms with Crippen LogP contribution in [0.25, 0.3) is 6.08 Å². The monoisotopic (exact) mass is 558 g/mol. The first kappa shape index (κ1) is 27.8. The van der Waals surface area contributed by atoms with E-state index >= 15 is 0 Å². The smallest absolute Gasteiger partial charge is 0.416 e. The van der Waals surface area contributed by atoms with Crippen molar-refractivity contribution >= 4 is 63.5 Å². The highest BCUT2D eigenvalue weighted by atomic mass is 35.5. The molecule has 2 amide bonds. The van der Waals surface area contributed by atoms with Gasteiger partial charge in [-0.3, -0.25) is 14.5 Å². The van der Waals surface area contributed by atoms with Crippen molar-refractivity contribution in [3.8, 4) is 11.5 Å². The molecule has 12 heteroatoms. The number of hydrogen-bond donors (Lipinski definition) is 1. The normalized spacial score (nSPS) is 14.9. The van der Waals surface area contributed by atoms with Gasteiger partial charge in [0.25, 0.3) is 11.8 Å². The Kier molecular flexibility index (Phi) is 9.26. The number of ether oxygens (including phenoxy) is 2. The summed E-state index contributed by atoms with van der Waals surface area (Å²) in [7, 11) is 1.38. The minimum absolute atomic E-state index is 0.0249. The zero-order valence-corrected chi connectivity index (χ0v) is 21.7. The molecule has 0 aromatic heterocycles. The molecule has 1 aliphatic rings. The van der Waals surface area contributed by atoms with Crippen LogP contribution in [-0.4, -0.2) is 41.3 Å². The molecule has 1 fully saturated rings. The van der Waals surface area contributed by atoms with Crippen molar-refractivity contribution in [2.45, 2.75) is 25.9 Å². The van der Waals surface area contributed by atoms with E-state index in [4.69, 9.17) is 33.3 Å². The zero-order valence-electron chi connectivity index (χ0n) is 19.3. The summed E-state index contributed by atoms with van der Waals surface area (Å²) < 4.78 is 49.9. The molecule has 0 radical (unpaired) electrons. The second-order valence-corrected chi connectivity index (χ2v) is 9.72. The molecule has 6 nitrogen and oxygen atoms in total. The highest BCUT2D eigenvalue weighted by molar-refractivity contribution is 8.26. The van der Waals surface area contributed by atoms with Crippen molar-refractivity contribution < 1.29 is 32.2 Å². The molecule has 2 aromatic carbocycles. The Balaban J connectivity index is 1.71. The van der Waals surface area contributed by atoms with E-state index in [2.05, 4.69) is 5.32 Å². The van der Waals surface area contributed by atoms with Crippen LogP contribution >= 0.6 is 35.6 Å². The van der Waals surface area contributed by atoms with Crippen molar-refractivity contribution in [3.05, 3.63) is 57.5 Å². The van der Waals surface area contributed by atoms with Crippen molar-refractivity contribution in [1.82, 2.24) is 4.90 Å². The Morgan fingerprint density at radius 1 is 1.28 bits per heavy atom. The highest BCUT2D eigenvalue weighted by Gasteiger charge is 2.32. The molecule has 0 saturated carbocycles. The summed E-state index contributed by atoms with van der Waals surface area (Å²) in [6.07, 6.45) is -1.12. The lowest BCUT2D eigenvalue weighted by Gasteiger charge is -2.14. The number of carbonyl (C=O) groups excluding carboxylic acids is 2. The second-order valence-electron chi connectivity index (χ2n) is 7.64. The summed E-state index contributed by atoms with van der Waals surface area (Å²) >= 11 is 12.9. The largest absolute Gasteiger partial charge is 0.493 e. The SMILES string of the molecule is CCCCN1C(=O)/C(=C/c2cc(Cl)c(OCC(=O)Nc3cccc(C(F)(F)F)c3)c(OC)c2)SC1=S. The van der Waals surface area contributed by atoms with Crippen LogP contribution in [0.15, 0.2) is 41.3 Å². The van der Waals surface area contributed by atoms with Gasteiger partial charge in [0.05, 0.1) is 22.6 Å². The van der Waals surface area contributed by atoms with Gasteiger partial charge < -0.3 is 14.8 Å². The fourth-order valence-electron chi connectivity index (χ4n) is 3.23. The van der Waals surface area contributed by atoms with E-state index in [1.807, 2.05) is 6.92 Å². The summed E-state index contributed by atoms with van der Waals surface area (Å²) in [5.41, 5.74) is -0.347. The summed E-state index contributed by atoms with van der Waals surface area (Å²) in [6.45, 7) is 2.06. The fourth-order valence-corrected chi connectivity index (χ4v) is 4.81. The number of thiocarbonyl (C=S) groups is 1. The molecule has 36 heavy (non-hydrogen) atoms. The number of nitrogens with zero attached hydrogens (tertiary/aromatic N) is 1. The number of hydrogen-bond acceptors (Lipinski definition) is 6. The van der Waals surface area contributed by atoms with Gasteiger partial charge in [-0.05, 0) is 48.4 Å². The zero-order chi connectivity index (χ0) is 26.5. The fraction of sp³-hybridized carbons (Fsp3) is 0.292. The molecule has 1 saturated heterocycles. The molecular weight excluding hydrogens is 537 g/mol. The van der Waals surface area contributed by atoms with Crippen molar-refractivity contribution in [2.24, 2.45) is 0 Å². The van der Waals surface area contributed by atoms with Gasteiger partial charge in [-0.15, -0.1) is 0 Å². The van der Waals surface area contributed by atoms with Crippen LogP contribution in [0.2, 0.25) is 5.02 Å². The van der Waals surface area contributed by atoms with Crippen LogP contribution in [0.4, 0.5) is 18.9 Å². The van der Waals surface area contributed by atoms with Gasteiger partial charge in [-0.2, -0.15) is 13.2 Å². The summed E-state index contributed by atoms with van der Waals surface area (Å²) in [6, 6.07) is 7.38. The molecule has 2 aromatic rings. The van der Waals surface area contributed by atoms with Crippen LogP contribution in [0, 0.1) is 0 Å². The number of rotatable bonds is 9. The van der Waals surface area contributed by atoms with E-state index in [0.29, 0.717) is 21.3 Å². The molecule has 0 spiro atoms. The number of nitrogens with one attached hydrogen (secondary N) is 1. The van der Waals surface area contributed by atoms with Crippen molar-refractivity contribution in [3.63, 3.8) is 0 Å². The quantitative estimate of drug-likeness (QED) is 0.284. The number of halogens is 4. The minimum atomic E-state index is -4.53. The first-order valence-corrected chi connectivity index (χ1v) is 12.4. The maximum absolute atomic E-state index is 12.9. The van der Waals surface area contributed by atoms with E-state index < -0.39 is 24.3 Å². The average Bonchev–Trinajstić information content (AvgIpc) is 3.08. The van der Waals surface area contributed by atoms with Crippen LogP contribution in [-0.2, 0) is 15.8 Å². The average molecular weight is 559 g/mol. The Morgan fingerprint density at radius 3 is 2.69 bits per heavy atom. The lowest BCUT2D eigenvalue weighted by Crippen LogP contribution is -2.28. The Bertz CT molecular complexity index is 1200. The molecule has 192 valence electrons. The standard InChI is InChI=1S/C24H22ClF3N2O4S2/c1-3-4-8-30-22(32)19(36-23(30)35)11-14-9-17(25)21(18(10-14)33-2)34-13-20(31)29-16-7-5-6-15(12-16)24(26,27)28/h5-7,9-12H,3-4,8,13H2,1-2H3,(H,29,31)/b19-11-. The number of unbranched alkanes of at least 4 members (excludes halogenated alkanes) is 1. The topological polar surface area (TPSA) is 67.9 Å². The molecule has 1 aliphatic heterocycles. The van der Waals surface area contributed by atoms with Crippen LogP contribution < -0.4 is 14.8 Å². The molecule has 0 bridgehead atoms. The van der Waals surface area contributed by atoms with Gasteiger partial charge in [0, 0.05) is 12.2 Å². The van der Waals surface area contributed by atoms with Gasteiger partial charge in [-0.1, -0.05) is 55.0 Å². The van der Waals surface area contributed by atoms with Gasteiger partial charge in [0.2, 0.25) is 0 Å². The van der Waals surface area contributed by atoms with Gasteiger partial charge >= 0.3 is 6.18 Å². The van der Waals surface area contributed by atoms with Crippen LogP contribution in [0.3, 0.4) is 0 Å². The number of amides is 2. The third kappa shape index (κ3) is 6.92. The molecule has 1 heterocycles. The van der Waals surface area contributed by atoms with Crippen LogP contribution in [0.1, 0.15) is 30.9 Å². The first-order chi connectivity index (χ1) is 17.0. The number of benzene rings is 2. The van der Waals surface area contributed by atoms with Gasteiger partial charge in [0.15, 0.2) is 18.1 Å². The van der Waals surface area contributed by atoms with Crippen LogP contribution in [0.5, 0.6) is 11.5 Å². The van der Waals surface area contributed by atoms with E-state index in [1.54, 1.807) is 23.1 Å². The number of carbonyl (C=O) groups is 2. The molecule has 0 unspecified atom stereocenters. The number of anilines is 1. The maximum Gasteiger partial charge on any atom is 0.416 e. The number of methoxy groups -OCH3 is 1. The highest BCUT2D eigenvalue weighted by Crippen LogP contribution is 2.39. The maximum atomic E-state index is 12.9. The number of alkyl halides is 3. The lowest BCUT2D eigenvalue weighted by molar-refractivity contribution is -0.137. The van der Waals surface area contributed by atoms with Gasteiger partial charge in [-0.25, -0.2) is 0 Å². The van der Waals surface area contributed by atoms with E-state index in [9.17, 15) is 22.8 Å². The molecule has 3 rings (SSSR count). The Labute approximate surface area is 220 Å². The summed E-state index contributed by atoms with van der Waals surface area (Å²) in [5.74, 6) is -0.583.